The number of hydrogen-bond acceptors (Lipinski definition) is 5. The van der Waals surface area contributed by atoms with Crippen molar-refractivity contribution in [3.8, 4) is 11.5 Å². The van der Waals surface area contributed by atoms with Crippen molar-refractivity contribution < 1.29 is 30.0 Å². The van der Waals surface area contributed by atoms with Gasteiger partial charge in [0.05, 0.1) is 5.97 Å². The third-order valence-electron chi connectivity index (χ3n) is 9.19. The number of benzene rings is 2. The molecule has 0 aliphatic rings. The van der Waals surface area contributed by atoms with E-state index in [1.54, 1.807) is 12.1 Å². The smallest absolute Gasteiger partial charge is 0.872 e. The van der Waals surface area contributed by atoms with Crippen LogP contribution in [0.3, 0.4) is 0 Å². The third kappa shape index (κ3) is 24.9. The quantitative estimate of drug-likeness (QED) is 0.0671. The van der Waals surface area contributed by atoms with Gasteiger partial charge >= 0.3 is 43.7 Å². The molecule has 2 rings (SSSR count). The molecular weight excluding hydrogens is 641 g/mol. The van der Waals surface area contributed by atoms with Crippen molar-refractivity contribution in [3.05, 3.63) is 58.7 Å². The zero-order chi connectivity index (χ0) is 35.2. The molecule has 49 heavy (non-hydrogen) atoms. The summed E-state index contributed by atoms with van der Waals surface area (Å²) in [6.07, 6.45) is 33.2. The Morgan fingerprint density at radius 1 is 0.531 bits per heavy atom. The first-order chi connectivity index (χ1) is 23.3. The molecule has 0 atom stereocenters. The van der Waals surface area contributed by atoms with Crippen LogP contribution in [0.25, 0.3) is 0 Å². The topological polar surface area (TPSA) is 121 Å². The Labute approximate surface area is 328 Å². The molecule has 0 aromatic heterocycles. The second kappa shape index (κ2) is 32.2. The Kier molecular flexibility index (Phi) is 31.0. The molecule has 0 unspecified atom stereocenters. The molecule has 0 spiro atoms. The molecule has 272 valence electrons. The van der Waals surface area contributed by atoms with Crippen LogP contribution in [0, 0.1) is 0 Å². The molecule has 0 amide bonds. The molecule has 2 aromatic carbocycles. The van der Waals surface area contributed by atoms with Gasteiger partial charge in [0, 0.05) is 0 Å². The number of unbranched alkanes of at least 4 members (excludes halogenated alkanes) is 22. The Morgan fingerprint density at radius 2 is 0.857 bits per heavy atom. The molecule has 0 saturated carbocycles. The summed E-state index contributed by atoms with van der Waals surface area (Å²) in [4.78, 5) is 21.8. The van der Waals surface area contributed by atoms with Gasteiger partial charge in [-0.2, -0.15) is 0 Å². The molecule has 2 aromatic rings. The van der Waals surface area contributed by atoms with Crippen molar-refractivity contribution in [1.29, 1.82) is 0 Å². The number of aromatic hydroxyl groups is 1. The predicted octanol–water partition coefficient (Wildman–Crippen LogP) is 10.3. The van der Waals surface area contributed by atoms with Crippen LogP contribution in [0.5, 0.6) is 11.5 Å². The first kappa shape index (κ1) is 47.2. The van der Waals surface area contributed by atoms with Crippen LogP contribution in [-0.4, -0.2) is 59.9 Å². The normalized spacial score (nSPS) is 10.7. The summed E-state index contributed by atoms with van der Waals surface area (Å²) < 4.78 is 0. The summed E-state index contributed by atoms with van der Waals surface area (Å²) in [6, 6.07) is 9.43. The number of hydrogen-bond donors (Lipinski definition) is 2. The zero-order valence-electron chi connectivity index (χ0n) is 31.1. The molecule has 0 aliphatic heterocycles. The van der Waals surface area contributed by atoms with Gasteiger partial charge in [-0.05, 0) is 54.5 Å². The fourth-order valence-corrected chi connectivity index (χ4v) is 6.14. The van der Waals surface area contributed by atoms with Crippen LogP contribution in [0.15, 0.2) is 36.4 Å². The Bertz CT molecular complexity index is 1030. The van der Waals surface area contributed by atoms with Gasteiger partial charge in [0.1, 0.15) is 11.3 Å². The van der Waals surface area contributed by atoms with Crippen molar-refractivity contribution in [2.45, 2.75) is 181 Å². The average molecular weight is 707 g/mol. The fraction of sp³-hybridized carbons (Fsp3) is 0.667. The van der Waals surface area contributed by atoms with Gasteiger partial charge in [0.2, 0.25) is 0 Å². The van der Waals surface area contributed by atoms with Crippen LogP contribution in [-0.2, 0) is 12.8 Å². The van der Waals surface area contributed by atoms with E-state index in [-0.39, 0.29) is 54.6 Å². The van der Waals surface area contributed by atoms with Crippen LogP contribution in [0.4, 0.5) is 0 Å². The third-order valence-corrected chi connectivity index (χ3v) is 9.19. The maximum Gasteiger partial charge on any atom is 2.00 e. The van der Waals surface area contributed by atoms with Crippen molar-refractivity contribution in [2.75, 3.05) is 0 Å². The van der Waals surface area contributed by atoms with Crippen LogP contribution >= 0.6 is 0 Å². The molecule has 2 N–H and O–H groups in total. The summed E-state index contributed by atoms with van der Waals surface area (Å²) in [5.74, 6) is -3.06. The van der Waals surface area contributed by atoms with E-state index in [0.29, 0.717) is 0 Å². The zero-order valence-corrected chi connectivity index (χ0v) is 33.3. The van der Waals surface area contributed by atoms with Gasteiger partial charge in [0.25, 0.3) is 0 Å². The summed E-state index contributed by atoms with van der Waals surface area (Å²) >= 11 is 0. The average Bonchev–Trinajstić information content (AvgIpc) is 3.07. The van der Waals surface area contributed by atoms with E-state index in [1.165, 1.54) is 153 Å². The summed E-state index contributed by atoms with van der Waals surface area (Å²) in [5.41, 5.74) is 1.70. The first-order valence-electron chi connectivity index (χ1n) is 19.4. The number of carbonyl (C=O) groups is 2. The number of aromatic carboxylic acids is 2. The van der Waals surface area contributed by atoms with Gasteiger partial charge in [-0.25, -0.2) is 4.79 Å². The molecule has 7 heteroatoms. The van der Waals surface area contributed by atoms with Gasteiger partial charge in [0.15, 0.2) is 0 Å². The minimum absolute atomic E-state index is 0. The molecule has 6 nitrogen and oxygen atoms in total. The van der Waals surface area contributed by atoms with E-state index < -0.39 is 17.7 Å². The molecule has 0 aliphatic carbocycles. The summed E-state index contributed by atoms with van der Waals surface area (Å²) in [5, 5.41) is 40.7. The molecule has 0 bridgehead atoms. The second-order valence-electron chi connectivity index (χ2n) is 13.6. The van der Waals surface area contributed by atoms with Crippen molar-refractivity contribution >= 4 is 49.7 Å². The Balaban J connectivity index is 0.000000922. The van der Waals surface area contributed by atoms with Gasteiger partial charge in [-0.15, -0.1) is 0 Å². The number of rotatable bonds is 28. The van der Waals surface area contributed by atoms with Gasteiger partial charge in [-0.3, -0.25) is 0 Å². The van der Waals surface area contributed by atoms with E-state index in [0.717, 1.165) is 43.2 Å². The van der Waals surface area contributed by atoms with Gasteiger partial charge in [-0.1, -0.05) is 185 Å². The summed E-state index contributed by atoms with van der Waals surface area (Å²) in [6.45, 7) is 4.51. The number of carboxylic acid groups (broad SMARTS) is 2. The molecule has 0 heterocycles. The maximum atomic E-state index is 11.4. The van der Waals surface area contributed by atoms with Crippen molar-refractivity contribution in [1.82, 2.24) is 0 Å². The molecular formula is C42H66CaO6. The Hall–Kier alpha value is -1.76. The number of aryl methyl sites for hydroxylation is 2. The predicted molar refractivity (Wildman–Crippen MR) is 201 cm³/mol. The largest absolute Gasteiger partial charge is 2.00 e. The van der Waals surface area contributed by atoms with E-state index in [1.807, 2.05) is 6.07 Å². The van der Waals surface area contributed by atoms with Crippen LogP contribution in [0.1, 0.15) is 200 Å². The maximum absolute atomic E-state index is 11.4. The number of carbonyl (C=O) groups excluding carboxylic acids is 1. The second-order valence-corrected chi connectivity index (χ2v) is 13.6. The van der Waals surface area contributed by atoms with Crippen molar-refractivity contribution in [2.24, 2.45) is 0 Å². The summed E-state index contributed by atoms with van der Waals surface area (Å²) in [7, 11) is 0. The van der Waals surface area contributed by atoms with Crippen LogP contribution < -0.4 is 10.2 Å². The standard InChI is InChI=1S/2C21H34O3.Ca/c2*1-2-3-4-5-6-7-8-9-10-11-12-13-14-18-15-16-20(22)19(17-18)21(23)24;/h2*15-17,22H,2-14H2,1H3,(H,23,24);/q;;+2/p-2. The minimum atomic E-state index is -1.38. The van der Waals surface area contributed by atoms with E-state index in [9.17, 15) is 24.9 Å². The molecule has 0 fully saturated rings. The fourth-order valence-electron chi connectivity index (χ4n) is 6.14. The number of carboxylic acids is 2. The van der Waals surface area contributed by atoms with Gasteiger partial charge < -0.3 is 25.2 Å². The number of phenols is 1. The minimum Gasteiger partial charge on any atom is -0.872 e. The van der Waals surface area contributed by atoms with E-state index >= 15 is 0 Å². The Morgan fingerprint density at radius 3 is 1.20 bits per heavy atom. The van der Waals surface area contributed by atoms with Crippen LogP contribution in [0.2, 0.25) is 0 Å². The van der Waals surface area contributed by atoms with E-state index in [4.69, 9.17) is 5.11 Å². The molecule has 0 saturated heterocycles. The van der Waals surface area contributed by atoms with Crippen molar-refractivity contribution in [3.63, 3.8) is 0 Å². The first-order valence-corrected chi connectivity index (χ1v) is 19.4. The SMILES string of the molecule is CCCCCCCCCCCCCCc1ccc(O)c(C(=O)O)c1.CCCCCCCCCCCCCCc1ccc([O-])c(C(=O)[O-])c1.[Ca+2]. The monoisotopic (exact) mass is 706 g/mol. The molecule has 0 radical (unpaired) electrons. The van der Waals surface area contributed by atoms with E-state index in [2.05, 4.69) is 13.8 Å².